The SMILES string of the molecule is CC(C)c1cc2c(cc1F)CCN(CC(C)c1cc3c(cc1Cl)CCNC3)C2. The van der Waals surface area contributed by atoms with E-state index in [4.69, 9.17) is 11.6 Å². The molecule has 1 N–H and O–H groups in total. The Kier molecular flexibility index (Phi) is 5.78. The molecule has 0 aliphatic carbocycles. The van der Waals surface area contributed by atoms with Gasteiger partial charge in [0.2, 0.25) is 0 Å². The van der Waals surface area contributed by atoms with Crippen LogP contribution in [0, 0.1) is 5.82 Å². The minimum atomic E-state index is -0.0509. The number of benzene rings is 2. The molecule has 1 unspecified atom stereocenters. The van der Waals surface area contributed by atoms with Gasteiger partial charge < -0.3 is 5.32 Å². The number of nitrogens with zero attached hydrogens (tertiary/aromatic N) is 1. The van der Waals surface area contributed by atoms with Crippen LogP contribution in [0.3, 0.4) is 0 Å². The largest absolute Gasteiger partial charge is 0.312 e. The lowest BCUT2D eigenvalue weighted by molar-refractivity contribution is 0.241. The predicted octanol–water partition coefficient (Wildman–Crippen LogP) is 5.41. The van der Waals surface area contributed by atoms with Crippen LogP contribution >= 0.6 is 11.6 Å². The van der Waals surface area contributed by atoms with Crippen LogP contribution in [0.1, 0.15) is 66.0 Å². The molecular weight excluding hydrogens is 371 g/mol. The van der Waals surface area contributed by atoms with Crippen LogP contribution in [0.15, 0.2) is 24.3 Å². The summed E-state index contributed by atoms with van der Waals surface area (Å²) in [5.41, 5.74) is 7.30. The molecule has 0 fully saturated rings. The van der Waals surface area contributed by atoms with E-state index < -0.39 is 0 Å². The molecule has 0 aromatic heterocycles. The second-order valence-electron chi connectivity index (χ2n) is 8.75. The molecule has 2 aromatic rings. The first-order valence-corrected chi connectivity index (χ1v) is 10.9. The number of hydrogen-bond acceptors (Lipinski definition) is 2. The van der Waals surface area contributed by atoms with Crippen molar-refractivity contribution in [1.82, 2.24) is 10.2 Å². The average Bonchev–Trinajstić information content (AvgIpc) is 2.66. The van der Waals surface area contributed by atoms with Gasteiger partial charge in [-0.25, -0.2) is 4.39 Å². The molecule has 28 heavy (non-hydrogen) atoms. The molecule has 0 spiro atoms. The van der Waals surface area contributed by atoms with Gasteiger partial charge in [-0.1, -0.05) is 44.5 Å². The molecular formula is C24H30ClFN2. The van der Waals surface area contributed by atoms with Gasteiger partial charge in [-0.15, -0.1) is 0 Å². The molecule has 150 valence electrons. The van der Waals surface area contributed by atoms with Crippen molar-refractivity contribution in [2.45, 2.75) is 58.5 Å². The Morgan fingerprint density at radius 3 is 2.54 bits per heavy atom. The monoisotopic (exact) mass is 400 g/mol. The maximum Gasteiger partial charge on any atom is 0.126 e. The van der Waals surface area contributed by atoms with Crippen molar-refractivity contribution >= 4 is 11.6 Å². The molecule has 0 bridgehead atoms. The molecule has 1 atom stereocenters. The molecule has 2 aromatic carbocycles. The number of hydrogen-bond donors (Lipinski definition) is 1. The Bertz CT molecular complexity index is 877. The van der Waals surface area contributed by atoms with Crippen molar-refractivity contribution in [2.24, 2.45) is 0 Å². The quantitative estimate of drug-likeness (QED) is 0.738. The van der Waals surface area contributed by atoms with Gasteiger partial charge in [0.25, 0.3) is 0 Å². The first kappa shape index (κ1) is 19.9. The van der Waals surface area contributed by atoms with Crippen LogP contribution in [-0.4, -0.2) is 24.5 Å². The summed E-state index contributed by atoms with van der Waals surface area (Å²) in [7, 11) is 0. The lowest BCUT2D eigenvalue weighted by Crippen LogP contribution is -2.34. The van der Waals surface area contributed by atoms with E-state index in [1.807, 2.05) is 0 Å². The molecule has 0 saturated heterocycles. The molecule has 0 saturated carbocycles. The third kappa shape index (κ3) is 3.98. The Hall–Kier alpha value is -1.42. The second-order valence-corrected chi connectivity index (χ2v) is 9.16. The fraction of sp³-hybridized carbons (Fsp3) is 0.500. The van der Waals surface area contributed by atoms with Crippen LogP contribution in [-0.2, 0) is 25.9 Å². The van der Waals surface area contributed by atoms with Gasteiger partial charge in [0.05, 0.1) is 0 Å². The van der Waals surface area contributed by atoms with Gasteiger partial charge in [-0.2, -0.15) is 0 Å². The smallest absolute Gasteiger partial charge is 0.126 e. The van der Waals surface area contributed by atoms with Crippen molar-refractivity contribution in [3.8, 4) is 0 Å². The third-order valence-electron chi connectivity index (χ3n) is 6.30. The zero-order chi connectivity index (χ0) is 19.8. The number of nitrogens with one attached hydrogen (secondary N) is 1. The van der Waals surface area contributed by atoms with Gasteiger partial charge in [0.1, 0.15) is 5.82 Å². The fourth-order valence-electron chi connectivity index (χ4n) is 4.64. The lowest BCUT2D eigenvalue weighted by Gasteiger charge is -2.32. The van der Waals surface area contributed by atoms with Gasteiger partial charge in [0, 0.05) is 31.2 Å². The standard InChI is InChI=1S/C24H30ClFN2/c1-15(2)21-9-20-14-28(7-5-18(20)11-24(21)26)13-16(3)22-8-19-12-27-6-4-17(19)10-23(22)25/h8-11,15-16,27H,4-7,12-14H2,1-3H3. The van der Waals surface area contributed by atoms with E-state index in [0.717, 1.165) is 56.2 Å². The molecule has 4 heteroatoms. The third-order valence-corrected chi connectivity index (χ3v) is 6.63. The Morgan fingerprint density at radius 1 is 1.00 bits per heavy atom. The van der Waals surface area contributed by atoms with Gasteiger partial charge in [-0.3, -0.25) is 4.90 Å². The summed E-state index contributed by atoms with van der Waals surface area (Å²) in [5, 5.41) is 4.35. The normalized spacial score (nSPS) is 18.1. The van der Waals surface area contributed by atoms with Crippen molar-refractivity contribution in [3.63, 3.8) is 0 Å². The Balaban J connectivity index is 1.51. The van der Waals surface area contributed by atoms with Crippen LogP contribution in [0.2, 0.25) is 5.02 Å². The van der Waals surface area contributed by atoms with Gasteiger partial charge in [0.15, 0.2) is 0 Å². The van der Waals surface area contributed by atoms with Gasteiger partial charge >= 0.3 is 0 Å². The topological polar surface area (TPSA) is 15.3 Å². The minimum Gasteiger partial charge on any atom is -0.312 e. The zero-order valence-electron chi connectivity index (χ0n) is 17.1. The van der Waals surface area contributed by atoms with Crippen molar-refractivity contribution in [2.75, 3.05) is 19.6 Å². The molecule has 0 amide bonds. The number of halogens is 2. The first-order valence-electron chi connectivity index (χ1n) is 10.5. The van der Waals surface area contributed by atoms with E-state index in [9.17, 15) is 4.39 Å². The van der Waals surface area contributed by atoms with Crippen LogP contribution in [0.4, 0.5) is 4.39 Å². The predicted molar refractivity (Wildman–Crippen MR) is 115 cm³/mol. The van der Waals surface area contributed by atoms with Crippen LogP contribution < -0.4 is 5.32 Å². The average molecular weight is 401 g/mol. The van der Waals surface area contributed by atoms with Crippen molar-refractivity contribution in [3.05, 3.63) is 68.5 Å². The number of rotatable bonds is 4. The van der Waals surface area contributed by atoms with E-state index in [-0.39, 0.29) is 11.7 Å². The van der Waals surface area contributed by atoms with E-state index >= 15 is 0 Å². The molecule has 2 nitrogen and oxygen atoms in total. The molecule has 0 radical (unpaired) electrons. The zero-order valence-corrected chi connectivity index (χ0v) is 17.9. The van der Waals surface area contributed by atoms with Crippen molar-refractivity contribution < 1.29 is 4.39 Å². The fourth-order valence-corrected chi connectivity index (χ4v) is 5.01. The Morgan fingerprint density at radius 2 is 1.75 bits per heavy atom. The summed E-state index contributed by atoms with van der Waals surface area (Å²) < 4.78 is 14.3. The molecule has 2 heterocycles. The highest BCUT2D eigenvalue weighted by molar-refractivity contribution is 6.31. The van der Waals surface area contributed by atoms with Crippen LogP contribution in [0.25, 0.3) is 0 Å². The van der Waals surface area contributed by atoms with Crippen molar-refractivity contribution in [1.29, 1.82) is 0 Å². The first-order chi connectivity index (χ1) is 13.4. The molecule has 4 rings (SSSR count). The van der Waals surface area contributed by atoms with E-state index in [1.165, 1.54) is 27.8 Å². The molecule has 2 aliphatic heterocycles. The van der Waals surface area contributed by atoms with E-state index in [2.05, 4.69) is 49.2 Å². The summed E-state index contributed by atoms with van der Waals surface area (Å²) in [4.78, 5) is 2.49. The summed E-state index contributed by atoms with van der Waals surface area (Å²) in [6.45, 7) is 11.2. The summed E-state index contributed by atoms with van der Waals surface area (Å²) >= 11 is 6.65. The maximum absolute atomic E-state index is 14.3. The lowest BCUT2D eigenvalue weighted by atomic mass is 9.90. The molecule has 2 aliphatic rings. The summed E-state index contributed by atoms with van der Waals surface area (Å²) in [5.74, 6) is 0.527. The number of fused-ring (bicyclic) bond motifs is 2. The summed E-state index contributed by atoms with van der Waals surface area (Å²) in [6, 6.07) is 8.33. The van der Waals surface area contributed by atoms with E-state index in [0.29, 0.717) is 5.92 Å². The van der Waals surface area contributed by atoms with Gasteiger partial charge in [-0.05, 0) is 76.7 Å². The second kappa shape index (κ2) is 8.14. The van der Waals surface area contributed by atoms with E-state index in [1.54, 1.807) is 6.07 Å². The highest BCUT2D eigenvalue weighted by Gasteiger charge is 2.23. The Labute approximate surface area is 173 Å². The highest BCUT2D eigenvalue weighted by atomic mass is 35.5. The minimum absolute atomic E-state index is 0.0509. The highest BCUT2D eigenvalue weighted by Crippen LogP contribution is 2.32. The maximum atomic E-state index is 14.3. The summed E-state index contributed by atoms with van der Waals surface area (Å²) in [6.07, 6.45) is 1.97. The van der Waals surface area contributed by atoms with Crippen LogP contribution in [0.5, 0.6) is 0 Å².